The van der Waals surface area contributed by atoms with E-state index in [9.17, 15) is 0 Å². The SMILES string of the molecule is CCc1ncoc1-c1sccc1C. The van der Waals surface area contributed by atoms with Crippen molar-refractivity contribution in [1.82, 2.24) is 4.98 Å². The average molecular weight is 193 g/mol. The molecule has 0 amide bonds. The van der Waals surface area contributed by atoms with E-state index in [0.29, 0.717) is 0 Å². The Morgan fingerprint density at radius 2 is 2.38 bits per heavy atom. The molecule has 0 aromatic carbocycles. The van der Waals surface area contributed by atoms with E-state index in [-0.39, 0.29) is 0 Å². The van der Waals surface area contributed by atoms with Crippen molar-refractivity contribution in [3.05, 3.63) is 29.1 Å². The lowest BCUT2D eigenvalue weighted by Gasteiger charge is -1.96. The molecule has 0 saturated heterocycles. The Hall–Kier alpha value is -1.09. The summed E-state index contributed by atoms with van der Waals surface area (Å²) in [6.07, 6.45) is 2.44. The number of aryl methyl sites for hydroxylation is 2. The molecule has 2 nitrogen and oxygen atoms in total. The molecule has 2 aromatic heterocycles. The monoisotopic (exact) mass is 193 g/mol. The van der Waals surface area contributed by atoms with Crippen molar-refractivity contribution in [2.45, 2.75) is 20.3 Å². The van der Waals surface area contributed by atoms with Gasteiger partial charge in [-0.1, -0.05) is 6.92 Å². The van der Waals surface area contributed by atoms with Gasteiger partial charge in [0.25, 0.3) is 0 Å². The van der Waals surface area contributed by atoms with Crippen LogP contribution in [0.15, 0.2) is 22.3 Å². The molecule has 0 bridgehead atoms. The van der Waals surface area contributed by atoms with E-state index < -0.39 is 0 Å². The number of thiophene rings is 1. The molecule has 0 unspecified atom stereocenters. The molecule has 0 N–H and O–H groups in total. The predicted molar refractivity (Wildman–Crippen MR) is 53.9 cm³/mol. The fourth-order valence-electron chi connectivity index (χ4n) is 1.31. The first-order valence-corrected chi connectivity index (χ1v) is 5.17. The summed E-state index contributed by atoms with van der Waals surface area (Å²) >= 11 is 1.70. The zero-order chi connectivity index (χ0) is 9.26. The van der Waals surface area contributed by atoms with Gasteiger partial charge >= 0.3 is 0 Å². The normalized spacial score (nSPS) is 10.6. The minimum atomic E-state index is 0.920. The second kappa shape index (κ2) is 3.34. The minimum absolute atomic E-state index is 0.920. The van der Waals surface area contributed by atoms with Crippen LogP contribution in [-0.4, -0.2) is 4.98 Å². The quantitative estimate of drug-likeness (QED) is 0.731. The molecule has 3 heteroatoms. The number of hydrogen-bond donors (Lipinski definition) is 0. The van der Waals surface area contributed by atoms with Crippen molar-refractivity contribution in [2.24, 2.45) is 0 Å². The molecule has 13 heavy (non-hydrogen) atoms. The van der Waals surface area contributed by atoms with Gasteiger partial charge in [0, 0.05) is 0 Å². The highest BCUT2D eigenvalue weighted by Gasteiger charge is 2.12. The maximum Gasteiger partial charge on any atom is 0.181 e. The second-order valence-electron chi connectivity index (χ2n) is 2.91. The Morgan fingerprint density at radius 3 is 3.00 bits per heavy atom. The molecule has 0 aliphatic heterocycles. The third kappa shape index (κ3) is 1.40. The van der Waals surface area contributed by atoms with Crippen molar-refractivity contribution >= 4 is 11.3 Å². The first kappa shape index (κ1) is 8.51. The van der Waals surface area contributed by atoms with Crippen LogP contribution in [0.25, 0.3) is 10.6 Å². The van der Waals surface area contributed by atoms with Crippen molar-refractivity contribution in [3.63, 3.8) is 0 Å². The molecule has 0 aliphatic carbocycles. The van der Waals surface area contributed by atoms with Crippen LogP contribution < -0.4 is 0 Å². The summed E-state index contributed by atoms with van der Waals surface area (Å²) in [4.78, 5) is 5.37. The van der Waals surface area contributed by atoms with Gasteiger partial charge in [0.15, 0.2) is 12.2 Å². The summed E-state index contributed by atoms with van der Waals surface area (Å²) < 4.78 is 5.38. The van der Waals surface area contributed by atoms with E-state index in [1.807, 2.05) is 0 Å². The topological polar surface area (TPSA) is 26.0 Å². The highest BCUT2D eigenvalue weighted by molar-refractivity contribution is 7.13. The van der Waals surface area contributed by atoms with Crippen LogP contribution in [0.4, 0.5) is 0 Å². The van der Waals surface area contributed by atoms with Crippen LogP contribution in [0.3, 0.4) is 0 Å². The van der Waals surface area contributed by atoms with Gasteiger partial charge in [0.2, 0.25) is 0 Å². The summed E-state index contributed by atoms with van der Waals surface area (Å²) in [5.74, 6) is 0.940. The average Bonchev–Trinajstić information content (AvgIpc) is 2.71. The number of rotatable bonds is 2. The lowest BCUT2D eigenvalue weighted by molar-refractivity contribution is 0.572. The van der Waals surface area contributed by atoms with E-state index in [1.54, 1.807) is 11.3 Å². The molecule has 2 aromatic rings. The molecule has 0 atom stereocenters. The summed E-state index contributed by atoms with van der Waals surface area (Å²) in [5, 5.41) is 2.08. The van der Waals surface area contributed by atoms with E-state index in [0.717, 1.165) is 17.9 Å². The Labute approximate surface area is 81.2 Å². The van der Waals surface area contributed by atoms with Crippen LogP contribution in [0, 0.1) is 6.92 Å². The minimum Gasteiger partial charge on any atom is -0.442 e. The van der Waals surface area contributed by atoms with Crippen LogP contribution in [0.5, 0.6) is 0 Å². The molecular weight excluding hydrogens is 182 g/mol. The molecule has 0 aliphatic rings. The lowest BCUT2D eigenvalue weighted by atomic mass is 10.2. The van der Waals surface area contributed by atoms with Crippen molar-refractivity contribution < 1.29 is 4.42 Å². The summed E-state index contributed by atoms with van der Waals surface area (Å²) in [6.45, 7) is 4.18. The fourth-order valence-corrected chi connectivity index (χ4v) is 2.25. The molecular formula is C10H11NOS. The smallest absolute Gasteiger partial charge is 0.181 e. The first-order valence-electron chi connectivity index (χ1n) is 4.29. The summed E-state index contributed by atoms with van der Waals surface area (Å²) in [7, 11) is 0. The second-order valence-corrected chi connectivity index (χ2v) is 3.83. The molecule has 0 fully saturated rings. The van der Waals surface area contributed by atoms with Gasteiger partial charge in [-0.3, -0.25) is 0 Å². The molecule has 2 rings (SSSR count). The number of aromatic nitrogens is 1. The van der Waals surface area contributed by atoms with E-state index in [4.69, 9.17) is 4.42 Å². The van der Waals surface area contributed by atoms with E-state index >= 15 is 0 Å². The van der Waals surface area contributed by atoms with Crippen LogP contribution in [0.1, 0.15) is 18.2 Å². The molecule has 2 heterocycles. The number of hydrogen-bond acceptors (Lipinski definition) is 3. The standard InChI is InChI=1S/C10H11NOS/c1-3-8-9(12-6-11-8)10-7(2)4-5-13-10/h4-6H,3H2,1-2H3. The third-order valence-corrected chi connectivity index (χ3v) is 3.06. The highest BCUT2D eigenvalue weighted by Crippen LogP contribution is 2.31. The zero-order valence-corrected chi connectivity index (χ0v) is 8.52. The number of oxazole rings is 1. The Bertz CT molecular complexity index is 402. The van der Waals surface area contributed by atoms with E-state index in [1.165, 1.54) is 16.8 Å². The lowest BCUT2D eigenvalue weighted by Crippen LogP contribution is -1.83. The van der Waals surface area contributed by atoms with Gasteiger partial charge in [-0.2, -0.15) is 0 Å². The van der Waals surface area contributed by atoms with Crippen LogP contribution in [-0.2, 0) is 6.42 Å². The van der Waals surface area contributed by atoms with Crippen molar-refractivity contribution in [1.29, 1.82) is 0 Å². The molecule has 0 spiro atoms. The van der Waals surface area contributed by atoms with Gasteiger partial charge in [0.05, 0.1) is 10.6 Å². The van der Waals surface area contributed by atoms with Gasteiger partial charge < -0.3 is 4.42 Å². The third-order valence-electron chi connectivity index (χ3n) is 2.04. The van der Waals surface area contributed by atoms with Crippen LogP contribution in [0.2, 0.25) is 0 Å². The van der Waals surface area contributed by atoms with Gasteiger partial charge in [-0.25, -0.2) is 4.98 Å². The highest BCUT2D eigenvalue weighted by atomic mass is 32.1. The Morgan fingerprint density at radius 1 is 1.54 bits per heavy atom. The summed E-state index contributed by atoms with van der Waals surface area (Å²) in [5.41, 5.74) is 2.31. The molecule has 68 valence electrons. The maximum atomic E-state index is 5.38. The zero-order valence-electron chi connectivity index (χ0n) is 7.70. The van der Waals surface area contributed by atoms with Gasteiger partial charge in [-0.05, 0) is 30.4 Å². The van der Waals surface area contributed by atoms with Crippen LogP contribution >= 0.6 is 11.3 Å². The largest absolute Gasteiger partial charge is 0.442 e. The Kier molecular flexibility index (Phi) is 2.19. The maximum absolute atomic E-state index is 5.38. The molecule has 0 radical (unpaired) electrons. The van der Waals surface area contributed by atoms with E-state index in [2.05, 4.69) is 30.3 Å². The predicted octanol–water partition coefficient (Wildman–Crippen LogP) is 3.27. The molecule has 0 saturated carbocycles. The fraction of sp³-hybridized carbons (Fsp3) is 0.300. The van der Waals surface area contributed by atoms with Gasteiger partial charge in [0.1, 0.15) is 0 Å². The summed E-state index contributed by atoms with van der Waals surface area (Å²) in [6, 6.07) is 2.10. The van der Waals surface area contributed by atoms with Gasteiger partial charge in [-0.15, -0.1) is 11.3 Å². The Balaban J connectivity index is 2.52. The first-order chi connectivity index (χ1) is 6.33. The number of nitrogens with zero attached hydrogens (tertiary/aromatic N) is 1. The van der Waals surface area contributed by atoms with Crippen molar-refractivity contribution in [3.8, 4) is 10.6 Å². The van der Waals surface area contributed by atoms with Crippen molar-refractivity contribution in [2.75, 3.05) is 0 Å².